The standard InChI is InChI=1S/C19H28N2O4/c1-23-12-13-25-18-5-3-2-4-17(18)19(22)20-15-6-9-21(10-7-15)16-8-11-24-14-16/h2-5,15-16H,6-14H2,1H3,(H,20,22)/t16-/m0/s1. The number of rotatable bonds is 7. The van der Waals surface area contributed by atoms with Gasteiger partial charge in [-0.1, -0.05) is 12.1 Å². The second-order valence-corrected chi connectivity index (χ2v) is 6.64. The van der Waals surface area contributed by atoms with Crippen LogP contribution in [0.4, 0.5) is 0 Å². The van der Waals surface area contributed by atoms with E-state index in [1.54, 1.807) is 7.11 Å². The van der Waals surface area contributed by atoms with E-state index in [0.717, 1.165) is 45.6 Å². The number of carbonyl (C=O) groups is 1. The van der Waals surface area contributed by atoms with Crippen LogP contribution in [0.2, 0.25) is 0 Å². The van der Waals surface area contributed by atoms with E-state index >= 15 is 0 Å². The van der Waals surface area contributed by atoms with Crippen molar-refractivity contribution in [1.29, 1.82) is 0 Å². The van der Waals surface area contributed by atoms with Gasteiger partial charge in [-0.15, -0.1) is 0 Å². The van der Waals surface area contributed by atoms with Crippen molar-refractivity contribution in [2.24, 2.45) is 0 Å². The molecule has 0 aromatic heterocycles. The number of amides is 1. The van der Waals surface area contributed by atoms with E-state index in [1.807, 2.05) is 24.3 Å². The zero-order valence-corrected chi connectivity index (χ0v) is 14.9. The van der Waals surface area contributed by atoms with Gasteiger partial charge in [0.2, 0.25) is 0 Å². The molecule has 138 valence electrons. The molecule has 0 bridgehead atoms. The molecule has 6 nitrogen and oxygen atoms in total. The van der Waals surface area contributed by atoms with Crippen molar-refractivity contribution < 1.29 is 19.0 Å². The molecule has 0 unspecified atom stereocenters. The number of para-hydroxylation sites is 1. The summed E-state index contributed by atoms with van der Waals surface area (Å²) >= 11 is 0. The number of benzene rings is 1. The Morgan fingerprint density at radius 1 is 1.24 bits per heavy atom. The molecule has 1 aromatic rings. The van der Waals surface area contributed by atoms with Gasteiger partial charge in [-0.25, -0.2) is 0 Å². The Balaban J connectivity index is 1.51. The van der Waals surface area contributed by atoms with Crippen LogP contribution in [-0.2, 0) is 9.47 Å². The lowest BCUT2D eigenvalue weighted by Gasteiger charge is -2.35. The van der Waals surface area contributed by atoms with Crippen LogP contribution < -0.4 is 10.1 Å². The minimum absolute atomic E-state index is 0.0596. The quantitative estimate of drug-likeness (QED) is 0.760. The minimum atomic E-state index is -0.0596. The first kappa shape index (κ1) is 18.2. The zero-order chi connectivity index (χ0) is 17.5. The average Bonchev–Trinajstić information content (AvgIpc) is 3.18. The number of nitrogens with zero attached hydrogens (tertiary/aromatic N) is 1. The zero-order valence-electron chi connectivity index (χ0n) is 14.9. The maximum Gasteiger partial charge on any atom is 0.255 e. The SMILES string of the molecule is COCCOc1ccccc1C(=O)NC1CCN([C@H]2CCOC2)CC1. The number of likely N-dealkylation sites (tertiary alicyclic amines) is 1. The number of nitrogens with one attached hydrogen (secondary N) is 1. The van der Waals surface area contributed by atoms with Crippen LogP contribution in [0, 0.1) is 0 Å². The monoisotopic (exact) mass is 348 g/mol. The van der Waals surface area contributed by atoms with Crippen molar-refractivity contribution in [3.8, 4) is 5.75 Å². The highest BCUT2D eigenvalue weighted by Gasteiger charge is 2.28. The molecule has 1 amide bonds. The number of hydrogen-bond acceptors (Lipinski definition) is 5. The van der Waals surface area contributed by atoms with Crippen LogP contribution in [-0.4, -0.2) is 69.5 Å². The number of hydrogen-bond donors (Lipinski definition) is 1. The second kappa shape index (κ2) is 9.17. The maximum atomic E-state index is 12.6. The van der Waals surface area contributed by atoms with Crippen LogP contribution in [0.5, 0.6) is 5.75 Å². The summed E-state index contributed by atoms with van der Waals surface area (Å²) in [6, 6.07) is 8.15. The third kappa shape index (κ3) is 4.93. The van der Waals surface area contributed by atoms with Gasteiger partial charge in [-0.05, 0) is 31.4 Å². The van der Waals surface area contributed by atoms with Gasteiger partial charge in [0.1, 0.15) is 12.4 Å². The molecule has 0 spiro atoms. The lowest BCUT2D eigenvalue weighted by molar-refractivity contribution is 0.0869. The molecule has 0 saturated carbocycles. The van der Waals surface area contributed by atoms with Gasteiger partial charge < -0.3 is 19.5 Å². The number of carbonyl (C=O) groups excluding carboxylic acids is 1. The maximum absolute atomic E-state index is 12.6. The van der Waals surface area contributed by atoms with Crippen LogP contribution in [0.3, 0.4) is 0 Å². The number of methoxy groups -OCH3 is 1. The fourth-order valence-corrected chi connectivity index (χ4v) is 3.50. The molecular formula is C19H28N2O4. The Morgan fingerprint density at radius 2 is 2.04 bits per heavy atom. The normalized spacial score (nSPS) is 22.0. The lowest BCUT2D eigenvalue weighted by atomic mass is 10.0. The van der Waals surface area contributed by atoms with Gasteiger partial charge >= 0.3 is 0 Å². The van der Waals surface area contributed by atoms with Crippen molar-refractivity contribution in [3.63, 3.8) is 0 Å². The molecule has 2 saturated heterocycles. The van der Waals surface area contributed by atoms with Gasteiger partial charge in [0.25, 0.3) is 5.91 Å². The summed E-state index contributed by atoms with van der Waals surface area (Å²) in [5.41, 5.74) is 0.588. The van der Waals surface area contributed by atoms with Crippen molar-refractivity contribution in [2.45, 2.75) is 31.3 Å². The summed E-state index contributed by atoms with van der Waals surface area (Å²) in [5, 5.41) is 3.17. The second-order valence-electron chi connectivity index (χ2n) is 6.64. The van der Waals surface area contributed by atoms with Crippen molar-refractivity contribution >= 4 is 5.91 Å². The number of piperidine rings is 1. The van der Waals surface area contributed by atoms with Crippen LogP contribution in [0.25, 0.3) is 0 Å². The fraction of sp³-hybridized carbons (Fsp3) is 0.632. The smallest absolute Gasteiger partial charge is 0.255 e. The van der Waals surface area contributed by atoms with Gasteiger partial charge in [-0.3, -0.25) is 9.69 Å². The molecular weight excluding hydrogens is 320 g/mol. The summed E-state index contributed by atoms with van der Waals surface area (Å²) < 4.78 is 16.1. The van der Waals surface area contributed by atoms with Crippen molar-refractivity contribution in [1.82, 2.24) is 10.2 Å². The van der Waals surface area contributed by atoms with E-state index in [4.69, 9.17) is 14.2 Å². The number of ether oxygens (including phenoxy) is 3. The molecule has 2 aliphatic rings. The van der Waals surface area contributed by atoms with E-state index in [9.17, 15) is 4.79 Å². The van der Waals surface area contributed by atoms with Gasteiger partial charge in [0, 0.05) is 38.9 Å². The largest absolute Gasteiger partial charge is 0.490 e. The Bertz CT molecular complexity index is 552. The summed E-state index contributed by atoms with van der Waals surface area (Å²) in [4.78, 5) is 15.1. The summed E-state index contributed by atoms with van der Waals surface area (Å²) in [6.45, 7) is 4.70. The molecule has 6 heteroatoms. The predicted molar refractivity (Wildman–Crippen MR) is 95.1 cm³/mol. The molecule has 0 radical (unpaired) electrons. The van der Waals surface area contributed by atoms with Gasteiger partial charge in [0.15, 0.2) is 0 Å². The lowest BCUT2D eigenvalue weighted by Crippen LogP contribution is -2.48. The predicted octanol–water partition coefficient (Wildman–Crippen LogP) is 1.69. The Kier molecular flexibility index (Phi) is 6.67. The van der Waals surface area contributed by atoms with E-state index in [-0.39, 0.29) is 11.9 Å². The first-order valence-corrected chi connectivity index (χ1v) is 9.11. The third-order valence-electron chi connectivity index (χ3n) is 4.96. The molecule has 0 aliphatic carbocycles. The van der Waals surface area contributed by atoms with Crippen LogP contribution >= 0.6 is 0 Å². The average molecular weight is 348 g/mol. The van der Waals surface area contributed by atoms with E-state index in [0.29, 0.717) is 30.6 Å². The summed E-state index contributed by atoms with van der Waals surface area (Å²) in [6.07, 6.45) is 3.09. The first-order chi connectivity index (χ1) is 12.3. The highest BCUT2D eigenvalue weighted by molar-refractivity contribution is 5.97. The molecule has 2 fully saturated rings. The van der Waals surface area contributed by atoms with Gasteiger partial charge in [-0.2, -0.15) is 0 Å². The highest BCUT2D eigenvalue weighted by atomic mass is 16.5. The molecule has 2 aliphatic heterocycles. The van der Waals surface area contributed by atoms with Crippen LogP contribution in [0.1, 0.15) is 29.6 Å². The fourth-order valence-electron chi connectivity index (χ4n) is 3.50. The Morgan fingerprint density at radius 3 is 2.76 bits per heavy atom. The van der Waals surface area contributed by atoms with E-state index in [2.05, 4.69) is 10.2 Å². The molecule has 25 heavy (non-hydrogen) atoms. The topological polar surface area (TPSA) is 60.0 Å². The summed E-state index contributed by atoms with van der Waals surface area (Å²) in [5.74, 6) is 0.549. The van der Waals surface area contributed by atoms with E-state index in [1.165, 1.54) is 0 Å². The van der Waals surface area contributed by atoms with E-state index < -0.39 is 0 Å². The highest BCUT2D eigenvalue weighted by Crippen LogP contribution is 2.21. The molecule has 1 aromatic carbocycles. The minimum Gasteiger partial charge on any atom is -0.490 e. The molecule has 3 rings (SSSR count). The third-order valence-corrected chi connectivity index (χ3v) is 4.96. The van der Waals surface area contributed by atoms with Crippen LogP contribution in [0.15, 0.2) is 24.3 Å². The van der Waals surface area contributed by atoms with Gasteiger partial charge in [0.05, 0.1) is 18.8 Å². The van der Waals surface area contributed by atoms with Crippen molar-refractivity contribution in [3.05, 3.63) is 29.8 Å². The molecule has 1 N–H and O–H groups in total. The van der Waals surface area contributed by atoms with Crippen molar-refractivity contribution in [2.75, 3.05) is 46.6 Å². The summed E-state index contributed by atoms with van der Waals surface area (Å²) in [7, 11) is 1.63. The molecule has 1 atom stereocenters. The Labute approximate surface area is 149 Å². The molecule has 2 heterocycles. The Hall–Kier alpha value is -1.63. The first-order valence-electron chi connectivity index (χ1n) is 9.11.